The minimum atomic E-state index is 0.248. The first-order valence-corrected chi connectivity index (χ1v) is 11.9. The van der Waals surface area contributed by atoms with E-state index in [0.29, 0.717) is 29.7 Å². The molecule has 2 unspecified atom stereocenters. The summed E-state index contributed by atoms with van der Waals surface area (Å²) in [4.78, 5) is 15.1. The van der Waals surface area contributed by atoms with E-state index in [4.69, 9.17) is 0 Å². The predicted molar refractivity (Wildman–Crippen MR) is 123 cm³/mol. The van der Waals surface area contributed by atoms with Crippen molar-refractivity contribution >= 4 is 5.91 Å². The predicted octanol–water partition coefficient (Wildman–Crippen LogP) is 5.64. The lowest BCUT2D eigenvalue weighted by atomic mass is 9.50. The van der Waals surface area contributed by atoms with Crippen molar-refractivity contribution in [3.63, 3.8) is 0 Å². The van der Waals surface area contributed by atoms with Crippen LogP contribution in [0.4, 0.5) is 0 Å². The maximum absolute atomic E-state index is 13.0. The lowest BCUT2D eigenvalue weighted by molar-refractivity contribution is -0.135. The third kappa shape index (κ3) is 5.23. The summed E-state index contributed by atoms with van der Waals surface area (Å²) in [7, 11) is 0. The summed E-state index contributed by atoms with van der Waals surface area (Å²) in [6.45, 7) is 14.0. The van der Waals surface area contributed by atoms with E-state index in [1.165, 1.54) is 44.1 Å². The molecule has 29 heavy (non-hydrogen) atoms. The second kappa shape index (κ2) is 9.64. The molecule has 0 aromatic carbocycles. The summed E-state index contributed by atoms with van der Waals surface area (Å²) in [6.07, 6.45) is 19.1. The minimum Gasteiger partial charge on any atom is -0.337 e. The molecule has 1 amide bonds. The van der Waals surface area contributed by atoms with Crippen LogP contribution < -0.4 is 5.32 Å². The van der Waals surface area contributed by atoms with Crippen molar-refractivity contribution in [3.8, 4) is 0 Å². The number of carbonyl (C=O) groups is 1. The number of nitrogens with one attached hydrogen (secondary N) is 1. The van der Waals surface area contributed by atoms with E-state index in [2.05, 4.69) is 61.9 Å². The standard InChI is InChI=1S/C26H42N2O/c1-5-7-8-10-21(3)26-14-9-13-25(4,20-26)17-22(18-26)11-12-24(29)28-16-15-27-19-23(28)6-2/h5,7-8,10,22-23,27H,3,6,9,11-20H2,1-2,4H3/b7-5-,10-8-/t22?,23?,25-,26-/m1/s1. The molecule has 3 heteroatoms. The van der Waals surface area contributed by atoms with E-state index in [0.717, 1.165) is 32.5 Å². The molecule has 4 atom stereocenters. The fourth-order valence-corrected chi connectivity index (χ4v) is 6.51. The first-order valence-electron chi connectivity index (χ1n) is 11.9. The lowest BCUT2D eigenvalue weighted by Crippen LogP contribution is -2.53. The highest BCUT2D eigenvalue weighted by Crippen LogP contribution is 2.60. The molecule has 3 rings (SSSR count). The number of nitrogens with zero attached hydrogens (tertiary/aromatic N) is 1. The Kier molecular flexibility index (Phi) is 7.42. The van der Waals surface area contributed by atoms with Crippen LogP contribution in [0.1, 0.15) is 78.6 Å². The van der Waals surface area contributed by atoms with Crippen LogP contribution in [0.3, 0.4) is 0 Å². The van der Waals surface area contributed by atoms with Crippen molar-refractivity contribution in [1.29, 1.82) is 0 Å². The quantitative estimate of drug-likeness (QED) is 0.563. The zero-order chi connectivity index (χ0) is 20.9. The fraction of sp³-hybridized carbons (Fsp3) is 0.731. The number of hydrogen-bond acceptors (Lipinski definition) is 2. The van der Waals surface area contributed by atoms with Gasteiger partial charge in [0.15, 0.2) is 0 Å². The van der Waals surface area contributed by atoms with Crippen molar-refractivity contribution in [3.05, 3.63) is 36.5 Å². The summed E-state index contributed by atoms with van der Waals surface area (Å²) in [5.41, 5.74) is 1.98. The van der Waals surface area contributed by atoms with Gasteiger partial charge in [-0.2, -0.15) is 0 Å². The number of fused-ring (bicyclic) bond motifs is 2. The van der Waals surface area contributed by atoms with Gasteiger partial charge in [-0.15, -0.1) is 0 Å². The first-order chi connectivity index (χ1) is 13.9. The Hall–Kier alpha value is -1.35. The third-order valence-electron chi connectivity index (χ3n) is 7.85. The number of hydrogen-bond donors (Lipinski definition) is 1. The molecule has 1 aliphatic heterocycles. The molecule has 3 aliphatic rings. The van der Waals surface area contributed by atoms with Gasteiger partial charge in [-0.25, -0.2) is 0 Å². The van der Waals surface area contributed by atoms with Crippen LogP contribution in [0.15, 0.2) is 36.5 Å². The number of allylic oxidation sites excluding steroid dienone is 5. The summed E-state index contributed by atoms with van der Waals surface area (Å²) >= 11 is 0. The topological polar surface area (TPSA) is 32.3 Å². The molecule has 1 N–H and O–H groups in total. The molecule has 3 nitrogen and oxygen atoms in total. The van der Waals surface area contributed by atoms with Gasteiger partial charge in [0.1, 0.15) is 0 Å². The van der Waals surface area contributed by atoms with Crippen LogP contribution >= 0.6 is 0 Å². The van der Waals surface area contributed by atoms with Gasteiger partial charge in [0.25, 0.3) is 0 Å². The minimum absolute atomic E-state index is 0.248. The molecule has 0 spiro atoms. The van der Waals surface area contributed by atoms with E-state index in [1.807, 2.05) is 0 Å². The van der Waals surface area contributed by atoms with Gasteiger partial charge < -0.3 is 10.2 Å². The largest absolute Gasteiger partial charge is 0.337 e. The van der Waals surface area contributed by atoms with Crippen molar-refractivity contribution < 1.29 is 4.79 Å². The SMILES string of the molecule is C=C(/C=C\C=C/C)[C@]12CCC[C@](C)(CC(CCC(=O)N3CCNCC3CC)C1)C2. The van der Waals surface area contributed by atoms with Crippen LogP contribution in [0, 0.1) is 16.7 Å². The Balaban J connectivity index is 1.65. The van der Waals surface area contributed by atoms with E-state index in [-0.39, 0.29) is 5.41 Å². The molecule has 0 aromatic heterocycles. The average Bonchev–Trinajstić information content (AvgIpc) is 2.71. The smallest absolute Gasteiger partial charge is 0.222 e. The Labute approximate surface area is 178 Å². The molecule has 0 radical (unpaired) electrons. The van der Waals surface area contributed by atoms with E-state index < -0.39 is 0 Å². The number of piperazine rings is 1. The van der Waals surface area contributed by atoms with Crippen molar-refractivity contribution in [2.45, 2.75) is 84.6 Å². The molecule has 2 aliphatic carbocycles. The Morgan fingerprint density at radius 2 is 2.10 bits per heavy atom. The molecule has 3 fully saturated rings. The van der Waals surface area contributed by atoms with Crippen LogP contribution in [-0.2, 0) is 4.79 Å². The monoisotopic (exact) mass is 398 g/mol. The highest BCUT2D eigenvalue weighted by molar-refractivity contribution is 5.76. The van der Waals surface area contributed by atoms with E-state index >= 15 is 0 Å². The normalized spacial score (nSPS) is 35.3. The fourth-order valence-electron chi connectivity index (χ4n) is 6.51. The Morgan fingerprint density at radius 1 is 1.28 bits per heavy atom. The van der Waals surface area contributed by atoms with Crippen molar-refractivity contribution in [2.24, 2.45) is 16.7 Å². The van der Waals surface area contributed by atoms with Gasteiger partial charge in [-0.05, 0) is 74.2 Å². The van der Waals surface area contributed by atoms with Gasteiger partial charge in [0.2, 0.25) is 5.91 Å². The van der Waals surface area contributed by atoms with E-state index in [9.17, 15) is 4.79 Å². The summed E-state index contributed by atoms with van der Waals surface area (Å²) < 4.78 is 0. The average molecular weight is 399 g/mol. The van der Waals surface area contributed by atoms with Crippen molar-refractivity contribution in [1.82, 2.24) is 10.2 Å². The third-order valence-corrected chi connectivity index (χ3v) is 7.85. The lowest BCUT2D eigenvalue weighted by Gasteiger charge is -2.54. The van der Waals surface area contributed by atoms with Crippen LogP contribution in [0.2, 0.25) is 0 Å². The molecule has 0 aromatic rings. The molecular weight excluding hydrogens is 356 g/mol. The number of carbonyl (C=O) groups excluding carboxylic acids is 1. The van der Waals surface area contributed by atoms with Gasteiger partial charge in [0, 0.05) is 32.1 Å². The van der Waals surface area contributed by atoms with Gasteiger partial charge >= 0.3 is 0 Å². The Bertz CT molecular complexity index is 651. The van der Waals surface area contributed by atoms with Gasteiger partial charge in [0.05, 0.1) is 0 Å². The zero-order valence-electron chi connectivity index (χ0n) is 19.0. The van der Waals surface area contributed by atoms with Crippen LogP contribution in [-0.4, -0.2) is 36.5 Å². The summed E-state index contributed by atoms with van der Waals surface area (Å²) in [6, 6.07) is 0.377. The number of rotatable bonds is 7. The second-order valence-corrected chi connectivity index (χ2v) is 10.2. The molecular formula is C26H42N2O. The van der Waals surface area contributed by atoms with Crippen LogP contribution in [0.25, 0.3) is 0 Å². The molecule has 162 valence electrons. The molecule has 2 saturated carbocycles. The maximum atomic E-state index is 13.0. The highest BCUT2D eigenvalue weighted by atomic mass is 16.2. The Morgan fingerprint density at radius 3 is 2.86 bits per heavy atom. The van der Waals surface area contributed by atoms with Crippen LogP contribution in [0.5, 0.6) is 0 Å². The van der Waals surface area contributed by atoms with Crippen molar-refractivity contribution in [2.75, 3.05) is 19.6 Å². The second-order valence-electron chi connectivity index (χ2n) is 10.2. The highest BCUT2D eigenvalue weighted by Gasteiger charge is 2.49. The molecule has 1 heterocycles. The van der Waals surface area contributed by atoms with E-state index in [1.54, 1.807) is 0 Å². The van der Waals surface area contributed by atoms with Gasteiger partial charge in [-0.1, -0.05) is 51.2 Å². The molecule has 1 saturated heterocycles. The molecule has 2 bridgehead atoms. The zero-order valence-corrected chi connectivity index (χ0v) is 19.0. The number of amides is 1. The summed E-state index contributed by atoms with van der Waals surface area (Å²) in [5.74, 6) is 1.02. The van der Waals surface area contributed by atoms with Gasteiger partial charge in [-0.3, -0.25) is 4.79 Å². The first kappa shape index (κ1) is 22.3. The maximum Gasteiger partial charge on any atom is 0.222 e. The summed E-state index contributed by atoms with van der Waals surface area (Å²) in [5, 5.41) is 3.43.